The highest BCUT2D eigenvalue weighted by atomic mass is 16.5. The Kier molecular flexibility index (Phi) is 5.02. The van der Waals surface area contributed by atoms with Crippen molar-refractivity contribution < 1.29 is 14.2 Å². The molecule has 0 bridgehead atoms. The van der Waals surface area contributed by atoms with Gasteiger partial charge in [0, 0.05) is 13.2 Å². The van der Waals surface area contributed by atoms with Gasteiger partial charge in [-0.05, 0) is 19.8 Å². The predicted octanol–water partition coefficient (Wildman–Crippen LogP) is 2.20. The topological polar surface area (TPSA) is 43.3 Å². The first-order chi connectivity index (χ1) is 8.47. The van der Waals surface area contributed by atoms with Crippen LogP contribution in [0.3, 0.4) is 0 Å². The van der Waals surface area contributed by atoms with Crippen LogP contribution >= 0.6 is 0 Å². The molecule has 0 aromatic heterocycles. The minimum Gasteiger partial charge on any atom is -0.481 e. The number of methoxy groups -OCH3 is 3. The third-order valence-electron chi connectivity index (χ3n) is 2.90. The van der Waals surface area contributed by atoms with E-state index < -0.39 is 0 Å². The smallest absolute Gasteiger partial charge is 0.242 e. The average molecular weight is 256 g/mol. The summed E-state index contributed by atoms with van der Waals surface area (Å²) in [6.45, 7) is 8.45. The van der Waals surface area contributed by atoms with Crippen LogP contribution < -0.4 is 0 Å². The lowest BCUT2D eigenvalue weighted by atomic mass is 10.1. The van der Waals surface area contributed by atoms with Gasteiger partial charge in [0.05, 0.1) is 19.9 Å². The van der Waals surface area contributed by atoms with E-state index in [1.807, 2.05) is 0 Å². The van der Waals surface area contributed by atoms with Gasteiger partial charge in [0.2, 0.25) is 18.0 Å². The zero-order valence-electron chi connectivity index (χ0n) is 12.4. The molecule has 1 aliphatic heterocycles. The Hall–Kier alpha value is -1.23. The minimum atomic E-state index is -0.300. The monoisotopic (exact) mass is 256 g/mol. The summed E-state index contributed by atoms with van der Waals surface area (Å²) in [6.07, 6.45) is -0.300. The van der Waals surface area contributed by atoms with Gasteiger partial charge in [0.1, 0.15) is 0 Å². The van der Waals surface area contributed by atoms with Crippen LogP contribution in [0, 0.1) is 5.92 Å². The van der Waals surface area contributed by atoms with Crippen molar-refractivity contribution in [1.82, 2.24) is 4.90 Å². The average Bonchev–Trinajstić information content (AvgIpc) is 2.35. The number of hydrogen-bond donors (Lipinski definition) is 0. The molecule has 0 spiro atoms. The molecule has 0 aromatic carbocycles. The molecule has 0 N–H and O–H groups in total. The molecule has 1 rings (SSSR count). The van der Waals surface area contributed by atoms with E-state index in [9.17, 15) is 0 Å². The van der Waals surface area contributed by atoms with Crippen LogP contribution in [0.25, 0.3) is 0 Å². The van der Waals surface area contributed by atoms with Gasteiger partial charge >= 0.3 is 0 Å². The van der Waals surface area contributed by atoms with Gasteiger partial charge in [-0.15, -0.1) is 0 Å². The summed E-state index contributed by atoms with van der Waals surface area (Å²) < 4.78 is 16.2. The highest BCUT2D eigenvalue weighted by Gasteiger charge is 2.36. The highest BCUT2D eigenvalue weighted by Crippen LogP contribution is 2.30. The lowest BCUT2D eigenvalue weighted by molar-refractivity contribution is -0.00780. The molecule has 0 radical (unpaired) electrons. The highest BCUT2D eigenvalue weighted by molar-refractivity contribution is 5.82. The van der Waals surface area contributed by atoms with Gasteiger partial charge in [-0.2, -0.15) is 4.99 Å². The molecule has 1 heterocycles. The van der Waals surface area contributed by atoms with Gasteiger partial charge in [-0.1, -0.05) is 13.8 Å². The molecule has 5 heteroatoms. The van der Waals surface area contributed by atoms with Crippen LogP contribution in [-0.2, 0) is 14.2 Å². The SMILES string of the molecule is COC1=NC(OC)=C(C(C)C)N(C(C)C)C1OC. The molecule has 0 amide bonds. The summed E-state index contributed by atoms with van der Waals surface area (Å²) >= 11 is 0. The van der Waals surface area contributed by atoms with Crippen LogP contribution in [0.4, 0.5) is 0 Å². The number of hydrogen-bond acceptors (Lipinski definition) is 5. The quantitative estimate of drug-likeness (QED) is 0.773. The standard InChI is InChI=1S/C13H24N2O3/c1-8(2)10-11(16-5)14-12(17-6)13(18-7)15(10)9(3)4/h8-9,13H,1-7H3. The van der Waals surface area contributed by atoms with Gasteiger partial charge in [-0.3, -0.25) is 0 Å². The van der Waals surface area contributed by atoms with Gasteiger partial charge < -0.3 is 19.1 Å². The van der Waals surface area contributed by atoms with Crippen molar-refractivity contribution in [2.45, 2.75) is 40.0 Å². The van der Waals surface area contributed by atoms with E-state index in [1.54, 1.807) is 21.3 Å². The summed E-state index contributed by atoms with van der Waals surface area (Å²) in [4.78, 5) is 6.54. The van der Waals surface area contributed by atoms with Crippen LogP contribution in [0.5, 0.6) is 0 Å². The van der Waals surface area contributed by atoms with E-state index in [0.717, 1.165) is 5.70 Å². The Labute approximate surface area is 109 Å². The molecule has 5 nitrogen and oxygen atoms in total. The van der Waals surface area contributed by atoms with E-state index >= 15 is 0 Å². The van der Waals surface area contributed by atoms with Crippen molar-refractivity contribution in [2.24, 2.45) is 10.9 Å². The van der Waals surface area contributed by atoms with Crippen molar-refractivity contribution in [3.05, 3.63) is 11.6 Å². The van der Waals surface area contributed by atoms with E-state index in [1.165, 1.54) is 0 Å². The third-order valence-corrected chi connectivity index (χ3v) is 2.90. The second-order valence-electron chi connectivity index (χ2n) is 4.79. The molecule has 0 saturated carbocycles. The van der Waals surface area contributed by atoms with E-state index in [2.05, 4.69) is 37.6 Å². The Morgan fingerprint density at radius 1 is 1.06 bits per heavy atom. The van der Waals surface area contributed by atoms with Crippen molar-refractivity contribution in [3.63, 3.8) is 0 Å². The van der Waals surface area contributed by atoms with Gasteiger partial charge in [0.25, 0.3) is 0 Å². The fourth-order valence-corrected chi connectivity index (χ4v) is 2.17. The molecule has 0 fully saturated rings. The summed E-state index contributed by atoms with van der Waals surface area (Å²) in [5, 5.41) is 0. The van der Waals surface area contributed by atoms with E-state index in [4.69, 9.17) is 14.2 Å². The van der Waals surface area contributed by atoms with Crippen LogP contribution in [0.2, 0.25) is 0 Å². The fraction of sp³-hybridized carbons (Fsp3) is 0.769. The maximum absolute atomic E-state index is 5.52. The third kappa shape index (κ3) is 2.61. The Balaban J connectivity index is 3.33. The Morgan fingerprint density at radius 2 is 1.67 bits per heavy atom. The molecule has 1 aliphatic rings. The van der Waals surface area contributed by atoms with Crippen LogP contribution in [0.15, 0.2) is 16.6 Å². The second-order valence-corrected chi connectivity index (χ2v) is 4.79. The van der Waals surface area contributed by atoms with E-state index in [-0.39, 0.29) is 12.3 Å². The van der Waals surface area contributed by atoms with Crippen molar-refractivity contribution in [3.8, 4) is 0 Å². The molecule has 104 valence electrons. The molecule has 1 atom stereocenters. The summed E-state index contributed by atoms with van der Waals surface area (Å²) in [7, 11) is 4.88. The molecular formula is C13H24N2O3. The minimum absolute atomic E-state index is 0.262. The number of rotatable bonds is 4. The molecule has 0 aliphatic carbocycles. The first-order valence-electron chi connectivity index (χ1n) is 6.19. The molecular weight excluding hydrogens is 232 g/mol. The van der Waals surface area contributed by atoms with Crippen molar-refractivity contribution in [2.75, 3.05) is 21.3 Å². The lowest BCUT2D eigenvalue weighted by Crippen LogP contribution is -2.50. The molecule has 1 unspecified atom stereocenters. The Bertz CT molecular complexity index is 348. The normalized spacial score (nSPS) is 20.6. The number of aliphatic imine (C=N–C) groups is 1. The predicted molar refractivity (Wildman–Crippen MR) is 71.1 cm³/mol. The van der Waals surface area contributed by atoms with Gasteiger partial charge in [-0.25, -0.2) is 0 Å². The van der Waals surface area contributed by atoms with Crippen LogP contribution in [0.1, 0.15) is 27.7 Å². The lowest BCUT2D eigenvalue weighted by Gasteiger charge is -2.41. The zero-order valence-corrected chi connectivity index (χ0v) is 12.4. The second kappa shape index (κ2) is 6.09. The summed E-state index contributed by atoms with van der Waals surface area (Å²) in [5.74, 6) is 1.42. The first kappa shape index (κ1) is 14.8. The van der Waals surface area contributed by atoms with Crippen molar-refractivity contribution >= 4 is 5.90 Å². The maximum Gasteiger partial charge on any atom is 0.242 e. The summed E-state index contributed by atoms with van der Waals surface area (Å²) in [5.41, 5.74) is 1.04. The molecule has 18 heavy (non-hydrogen) atoms. The number of allylic oxidation sites excluding steroid dienone is 1. The largest absolute Gasteiger partial charge is 0.481 e. The van der Waals surface area contributed by atoms with Crippen molar-refractivity contribution in [1.29, 1.82) is 0 Å². The maximum atomic E-state index is 5.52. The summed E-state index contributed by atoms with van der Waals surface area (Å²) in [6, 6.07) is 0.262. The number of ether oxygens (including phenoxy) is 3. The fourth-order valence-electron chi connectivity index (χ4n) is 2.17. The van der Waals surface area contributed by atoms with Gasteiger partial charge in [0.15, 0.2) is 0 Å². The Morgan fingerprint density at radius 3 is 2.00 bits per heavy atom. The molecule has 0 saturated heterocycles. The van der Waals surface area contributed by atoms with E-state index in [0.29, 0.717) is 17.7 Å². The number of nitrogens with zero attached hydrogens (tertiary/aromatic N) is 2. The molecule has 0 aromatic rings. The first-order valence-corrected chi connectivity index (χ1v) is 6.19. The van der Waals surface area contributed by atoms with Crippen LogP contribution in [-0.4, -0.2) is 44.4 Å². The zero-order chi connectivity index (χ0) is 13.9.